The molecule has 0 aliphatic carbocycles. The Morgan fingerprint density at radius 3 is 2.40 bits per heavy atom. The molecule has 0 unspecified atom stereocenters. The second-order valence-electron chi connectivity index (χ2n) is 6.01. The van der Waals surface area contributed by atoms with Gasteiger partial charge in [0.05, 0.1) is 11.4 Å². The number of aryl methyl sites for hydroxylation is 1. The number of carbonyl (C=O) groups is 1. The summed E-state index contributed by atoms with van der Waals surface area (Å²) in [4.78, 5) is 12.1. The van der Waals surface area contributed by atoms with E-state index in [1.54, 1.807) is 19.1 Å². The van der Waals surface area contributed by atoms with Crippen molar-refractivity contribution in [3.63, 3.8) is 0 Å². The van der Waals surface area contributed by atoms with Gasteiger partial charge < -0.3 is 10.6 Å². The quantitative estimate of drug-likeness (QED) is 0.879. The van der Waals surface area contributed by atoms with Crippen molar-refractivity contribution in [1.82, 2.24) is 0 Å². The number of nitrogens with one attached hydrogen (secondary N) is 2. The maximum absolute atomic E-state index is 12.2. The average molecular weight is 359 g/mol. The summed E-state index contributed by atoms with van der Waals surface area (Å²) in [6.07, 6.45) is 0.685. The number of rotatable bonds is 4. The Morgan fingerprint density at radius 2 is 1.72 bits per heavy atom. The molecule has 1 aliphatic heterocycles. The van der Waals surface area contributed by atoms with Gasteiger partial charge in [-0.05, 0) is 50.1 Å². The van der Waals surface area contributed by atoms with Gasteiger partial charge in [0.15, 0.2) is 0 Å². The zero-order valence-electron chi connectivity index (χ0n) is 14.2. The first-order valence-electron chi connectivity index (χ1n) is 8.17. The first-order valence-corrected chi connectivity index (χ1v) is 9.78. The molecular formula is C18H21N3O3S. The molecule has 2 amide bonds. The van der Waals surface area contributed by atoms with Gasteiger partial charge in [-0.25, -0.2) is 13.2 Å². The van der Waals surface area contributed by atoms with Crippen LogP contribution in [0.4, 0.5) is 21.9 Å². The molecule has 0 aromatic heterocycles. The van der Waals surface area contributed by atoms with Crippen LogP contribution in [0.25, 0.3) is 0 Å². The summed E-state index contributed by atoms with van der Waals surface area (Å²) in [6.45, 7) is 4.06. The van der Waals surface area contributed by atoms with Crippen molar-refractivity contribution in [2.45, 2.75) is 20.3 Å². The van der Waals surface area contributed by atoms with Gasteiger partial charge in [0.25, 0.3) is 0 Å². The van der Waals surface area contributed by atoms with Crippen LogP contribution in [0.15, 0.2) is 42.5 Å². The van der Waals surface area contributed by atoms with Crippen LogP contribution in [0.5, 0.6) is 0 Å². The number of carbonyl (C=O) groups excluding carboxylic acids is 1. The molecule has 132 valence electrons. The molecule has 0 spiro atoms. The molecule has 2 N–H and O–H groups in total. The molecule has 0 atom stereocenters. The number of anilines is 3. The van der Waals surface area contributed by atoms with E-state index in [2.05, 4.69) is 10.6 Å². The molecule has 0 bridgehead atoms. The van der Waals surface area contributed by atoms with E-state index in [-0.39, 0.29) is 11.8 Å². The third-order valence-corrected chi connectivity index (χ3v) is 5.99. The Bertz CT molecular complexity index is 892. The molecule has 1 aliphatic rings. The molecular weight excluding hydrogens is 338 g/mol. The lowest BCUT2D eigenvalue weighted by atomic mass is 10.1. The molecule has 0 saturated heterocycles. The van der Waals surface area contributed by atoms with Gasteiger partial charge in [0.1, 0.15) is 0 Å². The van der Waals surface area contributed by atoms with Crippen LogP contribution in [-0.4, -0.2) is 26.7 Å². The number of hydrogen-bond donors (Lipinski definition) is 2. The Balaban J connectivity index is 1.75. The van der Waals surface area contributed by atoms with E-state index >= 15 is 0 Å². The number of hydrogen-bond acceptors (Lipinski definition) is 3. The van der Waals surface area contributed by atoms with Crippen molar-refractivity contribution in [2.75, 3.05) is 27.2 Å². The second-order valence-corrected chi connectivity index (χ2v) is 8.19. The zero-order chi connectivity index (χ0) is 18.0. The molecule has 6 nitrogen and oxygen atoms in total. The molecule has 25 heavy (non-hydrogen) atoms. The van der Waals surface area contributed by atoms with Crippen LogP contribution in [0.3, 0.4) is 0 Å². The van der Waals surface area contributed by atoms with Crippen molar-refractivity contribution in [2.24, 2.45) is 0 Å². The van der Waals surface area contributed by atoms with E-state index < -0.39 is 10.0 Å². The number of amides is 2. The SMILES string of the molecule is CCS(=O)(=O)N1CCc2ccc(NC(=O)Nc3ccc(C)cc3)cc21. The standard InChI is InChI=1S/C18H21N3O3S/c1-3-25(23,24)21-11-10-14-6-9-16(12-17(14)21)20-18(22)19-15-7-4-13(2)5-8-15/h4-9,12H,3,10-11H2,1-2H3,(H2,19,20,22). The van der Waals surface area contributed by atoms with E-state index in [0.29, 0.717) is 30.0 Å². The highest BCUT2D eigenvalue weighted by molar-refractivity contribution is 7.92. The predicted molar refractivity (Wildman–Crippen MR) is 101 cm³/mol. The largest absolute Gasteiger partial charge is 0.323 e. The van der Waals surface area contributed by atoms with Gasteiger partial charge in [0.2, 0.25) is 10.0 Å². The predicted octanol–water partition coefficient (Wildman–Crippen LogP) is 3.35. The summed E-state index contributed by atoms with van der Waals surface area (Å²) < 4.78 is 25.8. The monoisotopic (exact) mass is 359 g/mol. The molecule has 0 saturated carbocycles. The van der Waals surface area contributed by atoms with Gasteiger partial charge in [-0.1, -0.05) is 23.8 Å². The fraction of sp³-hybridized carbons (Fsp3) is 0.278. The maximum atomic E-state index is 12.2. The van der Waals surface area contributed by atoms with Crippen molar-refractivity contribution >= 4 is 33.1 Å². The van der Waals surface area contributed by atoms with Gasteiger partial charge >= 0.3 is 6.03 Å². The average Bonchev–Trinajstić information content (AvgIpc) is 3.01. The second kappa shape index (κ2) is 6.76. The summed E-state index contributed by atoms with van der Waals surface area (Å²) in [7, 11) is -3.30. The van der Waals surface area contributed by atoms with Crippen LogP contribution in [0.1, 0.15) is 18.1 Å². The molecule has 2 aromatic rings. The Hall–Kier alpha value is -2.54. The lowest BCUT2D eigenvalue weighted by Gasteiger charge is -2.19. The summed E-state index contributed by atoms with van der Waals surface area (Å²) in [5.41, 5.74) is 3.99. The maximum Gasteiger partial charge on any atom is 0.323 e. The third-order valence-electron chi connectivity index (χ3n) is 4.21. The highest BCUT2D eigenvalue weighted by atomic mass is 32.2. The molecule has 7 heteroatoms. The first kappa shape index (κ1) is 17.3. The highest BCUT2D eigenvalue weighted by Gasteiger charge is 2.28. The number of urea groups is 1. The smallest absolute Gasteiger partial charge is 0.308 e. The zero-order valence-corrected chi connectivity index (χ0v) is 15.1. The van der Waals surface area contributed by atoms with E-state index in [0.717, 1.165) is 11.1 Å². The van der Waals surface area contributed by atoms with Gasteiger partial charge in [-0.2, -0.15) is 0 Å². The van der Waals surface area contributed by atoms with Gasteiger partial charge in [-0.15, -0.1) is 0 Å². The van der Waals surface area contributed by atoms with E-state index in [1.807, 2.05) is 37.3 Å². The normalized spacial score (nSPS) is 13.4. The third kappa shape index (κ3) is 3.76. The minimum atomic E-state index is -3.30. The summed E-state index contributed by atoms with van der Waals surface area (Å²) >= 11 is 0. The van der Waals surface area contributed by atoms with Crippen LogP contribution < -0.4 is 14.9 Å². The van der Waals surface area contributed by atoms with Crippen LogP contribution in [0, 0.1) is 6.92 Å². The molecule has 2 aromatic carbocycles. The highest BCUT2D eigenvalue weighted by Crippen LogP contribution is 2.33. The van der Waals surface area contributed by atoms with Gasteiger partial charge in [-0.3, -0.25) is 4.31 Å². The summed E-state index contributed by atoms with van der Waals surface area (Å²) in [5.74, 6) is 0.0536. The minimum absolute atomic E-state index is 0.0536. The van der Waals surface area contributed by atoms with Crippen LogP contribution in [-0.2, 0) is 16.4 Å². The van der Waals surface area contributed by atoms with Crippen LogP contribution >= 0.6 is 0 Å². The van der Waals surface area contributed by atoms with Crippen molar-refractivity contribution in [3.05, 3.63) is 53.6 Å². The number of nitrogens with zero attached hydrogens (tertiary/aromatic N) is 1. The topological polar surface area (TPSA) is 78.5 Å². The van der Waals surface area contributed by atoms with E-state index in [1.165, 1.54) is 4.31 Å². The fourth-order valence-electron chi connectivity index (χ4n) is 2.80. The summed E-state index contributed by atoms with van der Waals surface area (Å²) in [6, 6.07) is 12.5. The molecule has 1 heterocycles. The fourth-order valence-corrected chi connectivity index (χ4v) is 3.95. The Labute approximate surface area is 147 Å². The van der Waals surface area contributed by atoms with Crippen molar-refractivity contribution in [1.29, 1.82) is 0 Å². The van der Waals surface area contributed by atoms with Crippen molar-refractivity contribution in [3.8, 4) is 0 Å². The first-order chi connectivity index (χ1) is 11.9. The Kier molecular flexibility index (Phi) is 4.67. The van der Waals surface area contributed by atoms with E-state index in [9.17, 15) is 13.2 Å². The Morgan fingerprint density at radius 1 is 1.08 bits per heavy atom. The summed E-state index contributed by atoms with van der Waals surface area (Å²) in [5, 5.41) is 5.51. The minimum Gasteiger partial charge on any atom is -0.308 e. The number of sulfonamides is 1. The number of benzene rings is 2. The van der Waals surface area contributed by atoms with E-state index in [4.69, 9.17) is 0 Å². The lowest BCUT2D eigenvalue weighted by Crippen LogP contribution is -2.30. The van der Waals surface area contributed by atoms with Crippen LogP contribution in [0.2, 0.25) is 0 Å². The number of fused-ring (bicyclic) bond motifs is 1. The van der Waals surface area contributed by atoms with Crippen molar-refractivity contribution < 1.29 is 13.2 Å². The molecule has 0 fully saturated rings. The lowest BCUT2D eigenvalue weighted by molar-refractivity contribution is 0.262. The molecule has 3 rings (SSSR count). The molecule has 0 radical (unpaired) electrons. The van der Waals surface area contributed by atoms with Gasteiger partial charge in [0, 0.05) is 17.9 Å².